The molecule has 0 amide bonds. The van der Waals surface area contributed by atoms with E-state index in [-0.39, 0.29) is 12.1 Å². The predicted octanol–water partition coefficient (Wildman–Crippen LogP) is 1.49. The molecule has 1 heterocycles. The zero-order chi connectivity index (χ0) is 7.03. The summed E-state index contributed by atoms with van der Waals surface area (Å²) in [5.41, 5.74) is 0.0694. The summed E-state index contributed by atoms with van der Waals surface area (Å²) < 4.78 is 12.6. The highest BCUT2D eigenvalue weighted by Gasteiger charge is 2.45. The molecule has 0 aromatic heterocycles. The lowest BCUT2D eigenvalue weighted by Gasteiger charge is -2.24. The smallest absolute Gasteiger partial charge is 0.0966 e. The van der Waals surface area contributed by atoms with Gasteiger partial charge in [0.2, 0.25) is 0 Å². The quantitative estimate of drug-likeness (QED) is 0.586. The third-order valence-corrected chi connectivity index (χ3v) is 3.19. The minimum Gasteiger partial charge on any atom is -0.313 e. The SMILES string of the molecule is FCC12CCCC1NCC2. The number of nitrogens with one attached hydrogen (secondary N) is 1. The van der Waals surface area contributed by atoms with Gasteiger partial charge in [-0.15, -0.1) is 0 Å². The monoisotopic (exact) mass is 143 g/mol. The Kier molecular flexibility index (Phi) is 1.44. The van der Waals surface area contributed by atoms with E-state index in [0.717, 1.165) is 19.4 Å². The molecule has 2 rings (SSSR count). The maximum absolute atomic E-state index is 12.6. The van der Waals surface area contributed by atoms with Gasteiger partial charge >= 0.3 is 0 Å². The highest BCUT2D eigenvalue weighted by Crippen LogP contribution is 2.44. The third-order valence-electron chi connectivity index (χ3n) is 3.19. The zero-order valence-corrected chi connectivity index (χ0v) is 6.20. The van der Waals surface area contributed by atoms with Crippen LogP contribution in [0, 0.1) is 5.41 Å². The number of hydrogen-bond acceptors (Lipinski definition) is 1. The second-order valence-corrected chi connectivity index (χ2v) is 3.64. The van der Waals surface area contributed by atoms with E-state index in [1.165, 1.54) is 12.8 Å². The van der Waals surface area contributed by atoms with E-state index in [4.69, 9.17) is 0 Å². The van der Waals surface area contributed by atoms with Crippen LogP contribution in [0.4, 0.5) is 4.39 Å². The van der Waals surface area contributed by atoms with Crippen LogP contribution in [0.5, 0.6) is 0 Å². The van der Waals surface area contributed by atoms with Crippen molar-refractivity contribution >= 4 is 0 Å². The van der Waals surface area contributed by atoms with Gasteiger partial charge < -0.3 is 5.32 Å². The Labute approximate surface area is 61.0 Å². The first-order valence-electron chi connectivity index (χ1n) is 4.17. The standard InChI is InChI=1S/C8H14FN/c9-6-8-3-1-2-7(8)10-5-4-8/h7,10H,1-6H2. The van der Waals surface area contributed by atoms with E-state index in [1.54, 1.807) is 0 Å². The van der Waals surface area contributed by atoms with Gasteiger partial charge in [0.05, 0.1) is 6.67 Å². The Morgan fingerprint density at radius 2 is 2.40 bits per heavy atom. The fourth-order valence-corrected chi connectivity index (χ4v) is 2.48. The first-order chi connectivity index (χ1) is 4.87. The average Bonchev–Trinajstić information content (AvgIpc) is 2.42. The molecule has 1 aliphatic heterocycles. The summed E-state index contributed by atoms with van der Waals surface area (Å²) in [6.45, 7) is 0.930. The lowest BCUT2D eigenvalue weighted by atomic mass is 9.84. The fraction of sp³-hybridized carbons (Fsp3) is 1.00. The molecule has 0 radical (unpaired) electrons. The van der Waals surface area contributed by atoms with Gasteiger partial charge in [0.1, 0.15) is 0 Å². The van der Waals surface area contributed by atoms with Gasteiger partial charge in [-0.3, -0.25) is 4.39 Å². The van der Waals surface area contributed by atoms with Crippen molar-refractivity contribution in [2.45, 2.75) is 31.7 Å². The lowest BCUT2D eigenvalue weighted by molar-refractivity contribution is 0.206. The molecule has 2 heteroatoms. The topological polar surface area (TPSA) is 12.0 Å². The molecule has 0 aromatic carbocycles. The first kappa shape index (κ1) is 6.59. The maximum Gasteiger partial charge on any atom is 0.0966 e. The van der Waals surface area contributed by atoms with Crippen molar-refractivity contribution in [3.63, 3.8) is 0 Å². The van der Waals surface area contributed by atoms with Crippen molar-refractivity contribution in [2.75, 3.05) is 13.2 Å². The van der Waals surface area contributed by atoms with Crippen LogP contribution in [-0.4, -0.2) is 19.3 Å². The second kappa shape index (κ2) is 2.19. The van der Waals surface area contributed by atoms with Crippen LogP contribution in [0.25, 0.3) is 0 Å². The molecule has 58 valence electrons. The van der Waals surface area contributed by atoms with Crippen LogP contribution < -0.4 is 5.32 Å². The lowest BCUT2D eigenvalue weighted by Crippen LogP contribution is -2.32. The summed E-state index contributed by atoms with van der Waals surface area (Å²) in [6.07, 6.45) is 4.60. The minimum atomic E-state index is -0.106. The van der Waals surface area contributed by atoms with Gasteiger partial charge in [-0.25, -0.2) is 0 Å². The van der Waals surface area contributed by atoms with Crippen LogP contribution >= 0.6 is 0 Å². The second-order valence-electron chi connectivity index (χ2n) is 3.64. The van der Waals surface area contributed by atoms with Crippen LogP contribution in [0.2, 0.25) is 0 Å². The molecule has 2 fully saturated rings. The number of fused-ring (bicyclic) bond motifs is 1. The van der Waals surface area contributed by atoms with Crippen LogP contribution in [0.15, 0.2) is 0 Å². The summed E-state index contributed by atoms with van der Waals surface area (Å²) >= 11 is 0. The van der Waals surface area contributed by atoms with Crippen molar-refractivity contribution < 1.29 is 4.39 Å². The molecule has 1 aliphatic carbocycles. The van der Waals surface area contributed by atoms with Crippen LogP contribution in [0.1, 0.15) is 25.7 Å². The molecule has 2 unspecified atom stereocenters. The van der Waals surface area contributed by atoms with Gasteiger partial charge in [-0.05, 0) is 25.8 Å². The number of hydrogen-bond donors (Lipinski definition) is 1. The molecular formula is C8H14FN. The van der Waals surface area contributed by atoms with Crippen LogP contribution in [-0.2, 0) is 0 Å². The zero-order valence-electron chi connectivity index (χ0n) is 6.20. The van der Waals surface area contributed by atoms with Gasteiger partial charge in [-0.2, -0.15) is 0 Å². The van der Waals surface area contributed by atoms with E-state index in [0.29, 0.717) is 6.04 Å². The Morgan fingerprint density at radius 3 is 3.10 bits per heavy atom. The van der Waals surface area contributed by atoms with Gasteiger partial charge in [-0.1, -0.05) is 6.42 Å². The third kappa shape index (κ3) is 0.715. The Bertz CT molecular complexity index is 125. The molecule has 0 spiro atoms. The summed E-state index contributed by atoms with van der Waals surface area (Å²) in [6, 6.07) is 0.512. The number of halogens is 1. The Balaban J connectivity index is 2.15. The molecule has 1 saturated heterocycles. The van der Waals surface area contributed by atoms with Crippen molar-refractivity contribution in [1.82, 2.24) is 5.32 Å². The number of rotatable bonds is 1. The van der Waals surface area contributed by atoms with Crippen molar-refractivity contribution in [1.29, 1.82) is 0 Å². The van der Waals surface area contributed by atoms with E-state index < -0.39 is 0 Å². The molecule has 2 aliphatic rings. The number of alkyl halides is 1. The predicted molar refractivity (Wildman–Crippen MR) is 38.7 cm³/mol. The Morgan fingerprint density at radius 1 is 1.50 bits per heavy atom. The highest BCUT2D eigenvalue weighted by molar-refractivity contribution is 5.00. The fourth-order valence-electron chi connectivity index (χ4n) is 2.48. The van der Waals surface area contributed by atoms with E-state index >= 15 is 0 Å². The molecule has 1 nitrogen and oxygen atoms in total. The Hall–Kier alpha value is -0.110. The van der Waals surface area contributed by atoms with E-state index in [2.05, 4.69) is 5.32 Å². The molecule has 10 heavy (non-hydrogen) atoms. The maximum atomic E-state index is 12.6. The summed E-state index contributed by atoms with van der Waals surface area (Å²) in [7, 11) is 0. The molecule has 2 atom stereocenters. The normalized spacial score (nSPS) is 45.9. The molecule has 0 aromatic rings. The average molecular weight is 143 g/mol. The van der Waals surface area contributed by atoms with E-state index in [9.17, 15) is 4.39 Å². The summed E-state index contributed by atoms with van der Waals surface area (Å²) in [5.74, 6) is 0. The van der Waals surface area contributed by atoms with E-state index in [1.807, 2.05) is 0 Å². The van der Waals surface area contributed by atoms with Crippen LogP contribution in [0.3, 0.4) is 0 Å². The minimum absolute atomic E-state index is 0.0694. The molecule has 1 N–H and O–H groups in total. The first-order valence-corrected chi connectivity index (χ1v) is 4.17. The summed E-state index contributed by atoms with van der Waals surface area (Å²) in [4.78, 5) is 0. The van der Waals surface area contributed by atoms with Crippen molar-refractivity contribution in [3.05, 3.63) is 0 Å². The molecule has 1 saturated carbocycles. The summed E-state index contributed by atoms with van der Waals surface area (Å²) in [5, 5.41) is 3.37. The molecular weight excluding hydrogens is 129 g/mol. The largest absolute Gasteiger partial charge is 0.313 e. The van der Waals surface area contributed by atoms with Gasteiger partial charge in [0.15, 0.2) is 0 Å². The van der Waals surface area contributed by atoms with Crippen molar-refractivity contribution in [3.8, 4) is 0 Å². The van der Waals surface area contributed by atoms with Gasteiger partial charge in [0, 0.05) is 11.5 Å². The molecule has 0 bridgehead atoms. The highest BCUT2D eigenvalue weighted by atomic mass is 19.1. The van der Waals surface area contributed by atoms with Gasteiger partial charge in [0.25, 0.3) is 0 Å². The van der Waals surface area contributed by atoms with Crippen molar-refractivity contribution in [2.24, 2.45) is 5.41 Å².